The summed E-state index contributed by atoms with van der Waals surface area (Å²) in [7, 11) is 0. The Labute approximate surface area is 127 Å². The molecule has 1 aromatic carbocycles. The van der Waals surface area contributed by atoms with E-state index < -0.39 is 5.97 Å². The molecular weight excluding hydrogens is 288 g/mol. The second kappa shape index (κ2) is 7.39. The summed E-state index contributed by atoms with van der Waals surface area (Å²) in [5.41, 5.74) is 1.43. The molecule has 7 heteroatoms. The lowest BCUT2D eigenvalue weighted by Crippen LogP contribution is -2.28. The van der Waals surface area contributed by atoms with Crippen LogP contribution in [0.3, 0.4) is 0 Å². The first kappa shape index (κ1) is 15.0. The topological polar surface area (TPSA) is 79.0 Å². The molecule has 0 saturated heterocycles. The molecule has 1 heterocycles. The van der Waals surface area contributed by atoms with Gasteiger partial charge in [0.1, 0.15) is 11.4 Å². The monoisotopic (exact) mass is 304 g/mol. The van der Waals surface area contributed by atoms with Crippen LogP contribution in [0.1, 0.15) is 22.8 Å². The standard InChI is InChI=1S/C14H16N4O2S/c1-2-20-13(19)11-9-16-18-12(11)17-14(21)15-8-10-6-4-3-5-7-10/h3-7,9H,2,8H2,1H3,(H3,15,16,17,18,21). The number of benzene rings is 1. The average Bonchev–Trinajstić information content (AvgIpc) is 2.95. The van der Waals surface area contributed by atoms with Crippen molar-refractivity contribution in [2.24, 2.45) is 0 Å². The Morgan fingerprint density at radius 1 is 1.38 bits per heavy atom. The quantitative estimate of drug-likeness (QED) is 0.580. The lowest BCUT2D eigenvalue weighted by molar-refractivity contribution is 0.0527. The molecule has 2 rings (SSSR count). The molecule has 0 fully saturated rings. The van der Waals surface area contributed by atoms with Gasteiger partial charge in [-0.25, -0.2) is 4.79 Å². The molecule has 0 saturated carbocycles. The van der Waals surface area contributed by atoms with Crippen LogP contribution in [0.5, 0.6) is 0 Å². The highest BCUT2D eigenvalue weighted by Crippen LogP contribution is 2.12. The molecule has 0 spiro atoms. The van der Waals surface area contributed by atoms with Gasteiger partial charge in [-0.15, -0.1) is 0 Å². The maximum atomic E-state index is 11.7. The number of hydrogen-bond acceptors (Lipinski definition) is 4. The fourth-order valence-electron chi connectivity index (χ4n) is 1.68. The highest BCUT2D eigenvalue weighted by atomic mass is 32.1. The van der Waals surface area contributed by atoms with Gasteiger partial charge in [-0.05, 0) is 24.7 Å². The largest absolute Gasteiger partial charge is 0.462 e. The normalized spacial score (nSPS) is 9.95. The zero-order chi connectivity index (χ0) is 15.1. The van der Waals surface area contributed by atoms with E-state index in [4.69, 9.17) is 17.0 Å². The Morgan fingerprint density at radius 2 is 2.14 bits per heavy atom. The zero-order valence-corrected chi connectivity index (χ0v) is 12.4. The van der Waals surface area contributed by atoms with E-state index in [-0.39, 0.29) is 0 Å². The van der Waals surface area contributed by atoms with E-state index in [9.17, 15) is 4.79 Å². The molecule has 1 aromatic heterocycles. The van der Waals surface area contributed by atoms with Crippen LogP contribution >= 0.6 is 12.2 Å². The molecule has 0 aliphatic heterocycles. The van der Waals surface area contributed by atoms with Gasteiger partial charge in [0, 0.05) is 6.54 Å². The number of carbonyl (C=O) groups is 1. The molecule has 6 nitrogen and oxygen atoms in total. The summed E-state index contributed by atoms with van der Waals surface area (Å²) in [6, 6.07) is 9.87. The Morgan fingerprint density at radius 3 is 2.86 bits per heavy atom. The van der Waals surface area contributed by atoms with Crippen molar-refractivity contribution in [1.82, 2.24) is 15.5 Å². The van der Waals surface area contributed by atoms with Crippen molar-refractivity contribution < 1.29 is 9.53 Å². The molecule has 0 aliphatic rings. The van der Waals surface area contributed by atoms with Crippen LogP contribution in [-0.4, -0.2) is 27.9 Å². The van der Waals surface area contributed by atoms with E-state index in [1.807, 2.05) is 30.3 Å². The van der Waals surface area contributed by atoms with Crippen molar-refractivity contribution in [2.75, 3.05) is 11.9 Å². The molecule has 21 heavy (non-hydrogen) atoms. The molecule has 0 radical (unpaired) electrons. The predicted octanol–water partition coefficient (Wildman–Crippen LogP) is 2.07. The van der Waals surface area contributed by atoms with Gasteiger partial charge in [-0.3, -0.25) is 5.10 Å². The van der Waals surface area contributed by atoms with Gasteiger partial charge in [-0.1, -0.05) is 30.3 Å². The molecule has 0 bridgehead atoms. The maximum absolute atomic E-state index is 11.7. The van der Waals surface area contributed by atoms with Crippen LogP contribution in [0, 0.1) is 0 Å². The van der Waals surface area contributed by atoms with Crippen molar-refractivity contribution in [2.45, 2.75) is 13.5 Å². The summed E-state index contributed by atoms with van der Waals surface area (Å²) in [5, 5.41) is 12.9. The first-order chi connectivity index (χ1) is 10.2. The third kappa shape index (κ3) is 4.28. The molecule has 110 valence electrons. The third-order valence-corrected chi connectivity index (χ3v) is 2.92. The fraction of sp³-hybridized carbons (Fsp3) is 0.214. The number of aromatic amines is 1. The van der Waals surface area contributed by atoms with E-state index >= 15 is 0 Å². The molecule has 0 aliphatic carbocycles. The van der Waals surface area contributed by atoms with E-state index in [2.05, 4.69) is 20.8 Å². The van der Waals surface area contributed by atoms with Crippen LogP contribution in [-0.2, 0) is 11.3 Å². The van der Waals surface area contributed by atoms with Crippen molar-refractivity contribution in [1.29, 1.82) is 0 Å². The Bertz CT molecular complexity index is 612. The number of anilines is 1. The number of nitrogens with one attached hydrogen (secondary N) is 3. The summed E-state index contributed by atoms with van der Waals surface area (Å²) in [6.07, 6.45) is 1.40. The molecule has 0 atom stereocenters. The summed E-state index contributed by atoms with van der Waals surface area (Å²) in [5.74, 6) is -0.0291. The molecule has 3 N–H and O–H groups in total. The van der Waals surface area contributed by atoms with Crippen LogP contribution in [0.15, 0.2) is 36.5 Å². The fourth-order valence-corrected chi connectivity index (χ4v) is 1.86. The number of hydrogen-bond donors (Lipinski definition) is 3. The maximum Gasteiger partial charge on any atom is 0.343 e. The molecule has 2 aromatic rings. The van der Waals surface area contributed by atoms with Crippen LogP contribution < -0.4 is 10.6 Å². The number of esters is 1. The first-order valence-electron chi connectivity index (χ1n) is 6.50. The van der Waals surface area contributed by atoms with Gasteiger partial charge >= 0.3 is 5.97 Å². The SMILES string of the molecule is CCOC(=O)c1cn[nH]c1NC(=S)NCc1ccccc1. The summed E-state index contributed by atoms with van der Waals surface area (Å²) < 4.78 is 4.94. The van der Waals surface area contributed by atoms with E-state index in [1.54, 1.807) is 6.92 Å². The first-order valence-corrected chi connectivity index (χ1v) is 6.90. The summed E-state index contributed by atoms with van der Waals surface area (Å²) >= 11 is 5.19. The Hall–Kier alpha value is -2.41. The predicted molar refractivity (Wildman–Crippen MR) is 84.0 cm³/mol. The lowest BCUT2D eigenvalue weighted by atomic mass is 10.2. The lowest BCUT2D eigenvalue weighted by Gasteiger charge is -2.10. The van der Waals surface area contributed by atoms with Gasteiger partial charge in [0.25, 0.3) is 0 Å². The highest BCUT2D eigenvalue weighted by Gasteiger charge is 2.15. The van der Waals surface area contributed by atoms with E-state index in [0.29, 0.717) is 29.6 Å². The average molecular weight is 304 g/mol. The van der Waals surface area contributed by atoms with Crippen LogP contribution in [0.2, 0.25) is 0 Å². The number of aromatic nitrogens is 2. The minimum Gasteiger partial charge on any atom is -0.462 e. The summed E-state index contributed by atoms with van der Waals surface area (Å²) in [6.45, 7) is 2.65. The second-order valence-corrected chi connectivity index (χ2v) is 4.58. The van der Waals surface area contributed by atoms with Gasteiger partial charge in [0.15, 0.2) is 5.11 Å². The van der Waals surface area contributed by atoms with Gasteiger partial charge in [0.05, 0.1) is 12.8 Å². The molecular formula is C14H16N4O2S. The zero-order valence-electron chi connectivity index (χ0n) is 11.6. The highest BCUT2D eigenvalue weighted by molar-refractivity contribution is 7.80. The van der Waals surface area contributed by atoms with Gasteiger partial charge in [-0.2, -0.15) is 5.10 Å². The minimum absolute atomic E-state index is 0.306. The van der Waals surface area contributed by atoms with Crippen molar-refractivity contribution >= 4 is 29.1 Å². The number of H-pyrrole nitrogens is 1. The number of carbonyl (C=O) groups excluding carboxylic acids is 1. The van der Waals surface area contributed by atoms with Crippen molar-refractivity contribution in [3.63, 3.8) is 0 Å². The van der Waals surface area contributed by atoms with Gasteiger partial charge in [0.2, 0.25) is 0 Å². The van der Waals surface area contributed by atoms with Gasteiger partial charge < -0.3 is 15.4 Å². The number of nitrogens with zero attached hydrogens (tertiary/aromatic N) is 1. The van der Waals surface area contributed by atoms with Crippen LogP contribution in [0.4, 0.5) is 5.82 Å². The summed E-state index contributed by atoms with van der Waals surface area (Å²) in [4.78, 5) is 11.7. The third-order valence-electron chi connectivity index (χ3n) is 2.67. The minimum atomic E-state index is -0.445. The van der Waals surface area contributed by atoms with Crippen LogP contribution in [0.25, 0.3) is 0 Å². The van der Waals surface area contributed by atoms with E-state index in [1.165, 1.54) is 6.20 Å². The van der Waals surface area contributed by atoms with E-state index in [0.717, 1.165) is 5.56 Å². The number of ether oxygens (including phenoxy) is 1. The second-order valence-electron chi connectivity index (χ2n) is 4.17. The Kier molecular flexibility index (Phi) is 5.28. The van der Waals surface area contributed by atoms with Crippen molar-refractivity contribution in [3.05, 3.63) is 47.7 Å². The molecule has 0 unspecified atom stereocenters. The number of thiocarbonyl (C=S) groups is 1. The smallest absolute Gasteiger partial charge is 0.343 e. The molecule has 0 amide bonds. The Balaban J connectivity index is 1.91. The van der Waals surface area contributed by atoms with Crippen molar-refractivity contribution in [3.8, 4) is 0 Å². The number of rotatable bonds is 5.